The molecule has 3 rings (SSSR count). The Labute approximate surface area is 158 Å². The first-order chi connectivity index (χ1) is 11.9. The summed E-state index contributed by atoms with van der Waals surface area (Å²) in [5, 5.41) is 12.6. The van der Waals surface area contributed by atoms with E-state index >= 15 is 0 Å². The van der Waals surface area contributed by atoms with Crippen LogP contribution in [0.2, 0.25) is 10.0 Å². The summed E-state index contributed by atoms with van der Waals surface area (Å²) in [5.74, 6) is -1.27. The number of hydrogen-bond acceptors (Lipinski definition) is 4. The SMILES string of the molecule is O=C1NC(=S)N(c2ccc(Cl)cc2)C(=O)C1=Cc1ccc(O)c(Cl)c1. The van der Waals surface area contributed by atoms with Crippen LogP contribution in [0.1, 0.15) is 5.56 Å². The maximum atomic E-state index is 12.8. The van der Waals surface area contributed by atoms with Crippen LogP contribution in [0.25, 0.3) is 6.08 Å². The minimum absolute atomic E-state index is 0.0155. The Balaban J connectivity index is 2.01. The largest absolute Gasteiger partial charge is 0.506 e. The van der Waals surface area contributed by atoms with Crippen LogP contribution in [0.3, 0.4) is 0 Å². The van der Waals surface area contributed by atoms with E-state index in [4.69, 9.17) is 35.4 Å². The zero-order valence-electron chi connectivity index (χ0n) is 12.5. The van der Waals surface area contributed by atoms with Crippen molar-refractivity contribution in [2.24, 2.45) is 0 Å². The molecule has 0 atom stereocenters. The number of carbonyl (C=O) groups excluding carboxylic acids is 2. The summed E-state index contributed by atoms with van der Waals surface area (Å²) in [6.45, 7) is 0. The van der Waals surface area contributed by atoms with Crippen molar-refractivity contribution >= 4 is 64.1 Å². The second-order valence-electron chi connectivity index (χ2n) is 5.15. The number of aromatic hydroxyl groups is 1. The Bertz CT molecular complexity index is 926. The summed E-state index contributed by atoms with van der Waals surface area (Å²) in [5.41, 5.74) is 0.865. The molecular formula is C17H10Cl2N2O3S. The Hall–Kier alpha value is -2.41. The molecule has 2 aromatic carbocycles. The van der Waals surface area contributed by atoms with E-state index in [9.17, 15) is 14.7 Å². The van der Waals surface area contributed by atoms with Crippen molar-refractivity contribution in [1.82, 2.24) is 5.32 Å². The maximum absolute atomic E-state index is 12.8. The molecule has 2 N–H and O–H groups in total. The fourth-order valence-corrected chi connectivity index (χ4v) is 2.86. The Morgan fingerprint density at radius 3 is 2.40 bits per heavy atom. The number of halogens is 2. The lowest BCUT2D eigenvalue weighted by atomic mass is 10.1. The van der Waals surface area contributed by atoms with Crippen LogP contribution < -0.4 is 10.2 Å². The monoisotopic (exact) mass is 392 g/mol. The molecule has 1 fully saturated rings. The number of rotatable bonds is 2. The zero-order chi connectivity index (χ0) is 18.1. The number of nitrogens with one attached hydrogen (secondary N) is 1. The fourth-order valence-electron chi connectivity index (χ4n) is 2.26. The highest BCUT2D eigenvalue weighted by Gasteiger charge is 2.34. The van der Waals surface area contributed by atoms with E-state index in [2.05, 4.69) is 5.32 Å². The molecule has 2 amide bonds. The van der Waals surface area contributed by atoms with Gasteiger partial charge < -0.3 is 5.11 Å². The molecule has 2 aromatic rings. The van der Waals surface area contributed by atoms with Crippen molar-refractivity contribution < 1.29 is 14.7 Å². The van der Waals surface area contributed by atoms with Gasteiger partial charge in [0.15, 0.2) is 5.11 Å². The van der Waals surface area contributed by atoms with Crippen LogP contribution in [0.4, 0.5) is 5.69 Å². The standard InChI is InChI=1S/C17H10Cl2N2O3S/c18-10-2-4-11(5-3-10)21-16(24)12(15(23)20-17(21)25)7-9-1-6-14(22)13(19)8-9/h1-8,22H,(H,20,23,25). The number of phenolic OH excluding ortho intramolecular Hbond substituents is 1. The molecule has 1 saturated heterocycles. The number of thiocarbonyl (C=S) groups is 1. The number of hydrogen-bond donors (Lipinski definition) is 2. The summed E-state index contributed by atoms with van der Waals surface area (Å²) >= 11 is 16.8. The molecule has 0 spiro atoms. The Morgan fingerprint density at radius 2 is 1.76 bits per heavy atom. The molecule has 1 aliphatic rings. The van der Waals surface area contributed by atoms with E-state index in [0.29, 0.717) is 16.3 Å². The topological polar surface area (TPSA) is 69.6 Å². The number of amides is 2. The van der Waals surface area contributed by atoms with Gasteiger partial charge in [-0.1, -0.05) is 29.3 Å². The second-order valence-corrected chi connectivity index (χ2v) is 6.38. The molecule has 0 unspecified atom stereocenters. The zero-order valence-corrected chi connectivity index (χ0v) is 14.8. The molecular weight excluding hydrogens is 383 g/mol. The van der Waals surface area contributed by atoms with Crippen molar-refractivity contribution in [1.29, 1.82) is 0 Å². The van der Waals surface area contributed by atoms with Gasteiger partial charge in [0.1, 0.15) is 11.3 Å². The Kier molecular flexibility index (Phi) is 4.76. The van der Waals surface area contributed by atoms with Gasteiger partial charge >= 0.3 is 0 Å². The predicted octanol–water partition coefficient (Wildman–Crippen LogP) is 3.53. The lowest BCUT2D eigenvalue weighted by molar-refractivity contribution is -0.122. The third-order valence-electron chi connectivity index (χ3n) is 3.47. The summed E-state index contributed by atoms with van der Waals surface area (Å²) in [4.78, 5) is 26.2. The minimum atomic E-state index is -0.607. The second kappa shape index (κ2) is 6.84. The van der Waals surface area contributed by atoms with Gasteiger partial charge in [-0.25, -0.2) is 0 Å². The molecule has 1 aliphatic heterocycles. The number of anilines is 1. The van der Waals surface area contributed by atoms with Crippen LogP contribution >= 0.6 is 35.4 Å². The number of carbonyl (C=O) groups is 2. The van der Waals surface area contributed by atoms with Crippen LogP contribution in [-0.2, 0) is 9.59 Å². The van der Waals surface area contributed by atoms with Crippen molar-refractivity contribution in [2.45, 2.75) is 0 Å². The van der Waals surface area contributed by atoms with Crippen LogP contribution in [0, 0.1) is 0 Å². The lowest BCUT2D eigenvalue weighted by Gasteiger charge is -2.28. The van der Waals surface area contributed by atoms with E-state index in [1.165, 1.54) is 29.2 Å². The molecule has 126 valence electrons. The summed E-state index contributed by atoms with van der Waals surface area (Å²) in [6, 6.07) is 10.8. The van der Waals surface area contributed by atoms with Crippen molar-refractivity contribution in [2.75, 3.05) is 4.90 Å². The quantitative estimate of drug-likeness (QED) is 0.465. The van der Waals surface area contributed by atoms with E-state index in [1.54, 1.807) is 24.3 Å². The first kappa shape index (κ1) is 17.4. The molecule has 8 heteroatoms. The van der Waals surface area contributed by atoms with Crippen LogP contribution in [0.15, 0.2) is 48.0 Å². The molecule has 0 aromatic heterocycles. The van der Waals surface area contributed by atoms with Gasteiger partial charge in [0, 0.05) is 5.02 Å². The van der Waals surface area contributed by atoms with Crippen LogP contribution in [0.5, 0.6) is 5.75 Å². The molecule has 0 bridgehead atoms. The highest BCUT2D eigenvalue weighted by Crippen LogP contribution is 2.27. The van der Waals surface area contributed by atoms with E-state index in [0.717, 1.165) is 0 Å². The predicted molar refractivity (Wildman–Crippen MR) is 101 cm³/mol. The van der Waals surface area contributed by atoms with Gasteiger partial charge in [0.25, 0.3) is 11.8 Å². The van der Waals surface area contributed by atoms with Crippen molar-refractivity contribution in [3.63, 3.8) is 0 Å². The average molecular weight is 393 g/mol. The molecule has 25 heavy (non-hydrogen) atoms. The van der Waals surface area contributed by atoms with Gasteiger partial charge in [-0.15, -0.1) is 0 Å². The molecule has 1 heterocycles. The fraction of sp³-hybridized carbons (Fsp3) is 0. The van der Waals surface area contributed by atoms with E-state index in [1.807, 2.05) is 0 Å². The lowest BCUT2D eigenvalue weighted by Crippen LogP contribution is -2.54. The molecule has 0 aliphatic carbocycles. The molecule has 0 radical (unpaired) electrons. The summed E-state index contributed by atoms with van der Waals surface area (Å²) < 4.78 is 0. The first-order valence-corrected chi connectivity index (χ1v) is 8.19. The third-order valence-corrected chi connectivity index (χ3v) is 4.31. The third kappa shape index (κ3) is 3.51. The van der Waals surface area contributed by atoms with E-state index < -0.39 is 11.8 Å². The average Bonchev–Trinajstić information content (AvgIpc) is 2.56. The van der Waals surface area contributed by atoms with Gasteiger partial charge in [0.2, 0.25) is 0 Å². The first-order valence-electron chi connectivity index (χ1n) is 7.02. The highest BCUT2D eigenvalue weighted by molar-refractivity contribution is 7.80. The normalized spacial score (nSPS) is 16.3. The maximum Gasteiger partial charge on any atom is 0.270 e. The number of nitrogens with zero attached hydrogens (tertiary/aromatic N) is 1. The Morgan fingerprint density at radius 1 is 1.08 bits per heavy atom. The molecule has 5 nitrogen and oxygen atoms in total. The van der Waals surface area contributed by atoms with Gasteiger partial charge in [-0.05, 0) is 60.3 Å². The summed E-state index contributed by atoms with van der Waals surface area (Å²) in [6.07, 6.45) is 1.38. The van der Waals surface area contributed by atoms with Crippen molar-refractivity contribution in [3.05, 3.63) is 63.6 Å². The van der Waals surface area contributed by atoms with Gasteiger partial charge in [-0.2, -0.15) is 0 Å². The number of benzene rings is 2. The molecule has 0 saturated carbocycles. The minimum Gasteiger partial charge on any atom is -0.506 e. The number of phenols is 1. The highest BCUT2D eigenvalue weighted by atomic mass is 35.5. The van der Waals surface area contributed by atoms with Crippen molar-refractivity contribution in [3.8, 4) is 5.75 Å². The summed E-state index contributed by atoms with van der Waals surface area (Å²) in [7, 11) is 0. The van der Waals surface area contributed by atoms with Gasteiger partial charge in [0.05, 0.1) is 10.7 Å². The van der Waals surface area contributed by atoms with Gasteiger partial charge in [-0.3, -0.25) is 19.8 Å². The van der Waals surface area contributed by atoms with E-state index in [-0.39, 0.29) is 21.5 Å². The smallest absolute Gasteiger partial charge is 0.270 e. The van der Waals surface area contributed by atoms with Crippen LogP contribution in [-0.4, -0.2) is 22.0 Å².